The van der Waals surface area contributed by atoms with E-state index in [1.165, 1.54) is 18.3 Å². The van der Waals surface area contributed by atoms with Gasteiger partial charge in [0.25, 0.3) is 0 Å². The molecule has 3 nitrogen and oxygen atoms in total. The van der Waals surface area contributed by atoms with Gasteiger partial charge in [-0.3, -0.25) is 0 Å². The summed E-state index contributed by atoms with van der Waals surface area (Å²) in [6, 6.07) is 3.89. The first-order chi connectivity index (χ1) is 8.45. The van der Waals surface area contributed by atoms with Crippen LogP contribution in [-0.4, -0.2) is 30.3 Å². The van der Waals surface area contributed by atoms with Crippen LogP contribution in [0.3, 0.4) is 0 Å². The topological polar surface area (TPSA) is 39.3 Å². The summed E-state index contributed by atoms with van der Waals surface area (Å²) in [5.41, 5.74) is 0.415. The van der Waals surface area contributed by atoms with Crippen LogP contribution in [0, 0.1) is 0 Å². The van der Waals surface area contributed by atoms with Gasteiger partial charge in [0.05, 0.1) is 23.4 Å². The first-order valence-corrected chi connectivity index (χ1v) is 5.44. The van der Waals surface area contributed by atoms with Crippen molar-refractivity contribution in [1.82, 2.24) is 4.98 Å². The smallest absolute Gasteiger partial charge is 0.395 e. The second-order valence-electron chi connectivity index (χ2n) is 4.04. The van der Waals surface area contributed by atoms with E-state index in [0.717, 1.165) is 6.07 Å². The lowest BCUT2D eigenvalue weighted by Crippen LogP contribution is -2.21. The lowest BCUT2D eigenvalue weighted by atomic mass is 10.1. The minimum atomic E-state index is -4.37. The maximum atomic E-state index is 12.8. The van der Waals surface area contributed by atoms with E-state index in [-0.39, 0.29) is 12.0 Å². The Balaban J connectivity index is 2.57. The van der Waals surface area contributed by atoms with Crippen LogP contribution < -0.4 is 4.90 Å². The summed E-state index contributed by atoms with van der Waals surface area (Å²) < 4.78 is 38.4. The van der Waals surface area contributed by atoms with Gasteiger partial charge in [-0.2, -0.15) is 13.2 Å². The molecular weight excluding hydrogens is 245 g/mol. The Hall–Kier alpha value is -1.69. The van der Waals surface area contributed by atoms with Gasteiger partial charge in [0.1, 0.15) is 0 Å². The fourth-order valence-corrected chi connectivity index (χ4v) is 1.98. The van der Waals surface area contributed by atoms with Crippen molar-refractivity contribution in [2.24, 2.45) is 0 Å². The van der Waals surface area contributed by atoms with E-state index in [2.05, 4.69) is 4.98 Å². The zero-order valence-corrected chi connectivity index (χ0v) is 9.75. The molecule has 2 aromatic rings. The summed E-state index contributed by atoms with van der Waals surface area (Å²) in [5.74, 6) is 0. The minimum Gasteiger partial charge on any atom is -0.395 e. The Morgan fingerprint density at radius 2 is 2.00 bits per heavy atom. The molecule has 2 N–H and O–H groups in total. The van der Waals surface area contributed by atoms with E-state index in [9.17, 15) is 13.2 Å². The number of likely N-dealkylation sites (N-methyl/N-ethyl adjacent to an activating group) is 1. The number of benzene rings is 1. The lowest BCUT2D eigenvalue weighted by molar-refractivity contribution is -0.136. The number of hydrogen-bond acceptors (Lipinski definition) is 2. The number of hydrogen-bond donors (Lipinski definition) is 2. The highest BCUT2D eigenvalue weighted by Crippen LogP contribution is 2.37. The lowest BCUT2D eigenvalue weighted by Gasteiger charge is -2.20. The van der Waals surface area contributed by atoms with Crippen LogP contribution in [-0.2, 0) is 6.18 Å². The van der Waals surface area contributed by atoms with Crippen molar-refractivity contribution in [3.63, 3.8) is 0 Å². The van der Waals surface area contributed by atoms with Gasteiger partial charge in [-0.15, -0.1) is 0 Å². The van der Waals surface area contributed by atoms with Gasteiger partial charge in [0, 0.05) is 25.2 Å². The molecule has 0 radical (unpaired) electrons. The van der Waals surface area contributed by atoms with E-state index in [4.69, 9.17) is 5.11 Å². The molecule has 0 bridgehead atoms. The Morgan fingerprint density at radius 3 is 2.61 bits per heavy atom. The molecule has 0 unspecified atom stereocenters. The van der Waals surface area contributed by atoms with Gasteiger partial charge in [0.2, 0.25) is 0 Å². The number of rotatable bonds is 3. The molecule has 0 aliphatic heterocycles. The van der Waals surface area contributed by atoms with E-state index < -0.39 is 11.7 Å². The van der Waals surface area contributed by atoms with Crippen LogP contribution in [0.15, 0.2) is 24.4 Å². The van der Waals surface area contributed by atoms with Crippen LogP contribution in [0.25, 0.3) is 10.9 Å². The monoisotopic (exact) mass is 258 g/mol. The average Bonchev–Trinajstić information content (AvgIpc) is 2.74. The number of aliphatic hydroxyl groups excluding tert-OH is 1. The van der Waals surface area contributed by atoms with Crippen molar-refractivity contribution in [3.8, 4) is 0 Å². The first kappa shape index (κ1) is 12.8. The third-order valence-corrected chi connectivity index (χ3v) is 2.85. The van der Waals surface area contributed by atoms with Crippen LogP contribution in [0.1, 0.15) is 5.56 Å². The molecule has 1 heterocycles. The van der Waals surface area contributed by atoms with Gasteiger partial charge in [-0.1, -0.05) is 0 Å². The highest BCUT2D eigenvalue weighted by Gasteiger charge is 2.33. The fourth-order valence-electron chi connectivity index (χ4n) is 1.98. The Kier molecular flexibility index (Phi) is 3.21. The summed E-state index contributed by atoms with van der Waals surface area (Å²) >= 11 is 0. The third-order valence-electron chi connectivity index (χ3n) is 2.85. The molecule has 1 aromatic heterocycles. The number of H-pyrrole nitrogens is 1. The van der Waals surface area contributed by atoms with Crippen molar-refractivity contribution in [3.05, 3.63) is 30.0 Å². The van der Waals surface area contributed by atoms with Crippen molar-refractivity contribution < 1.29 is 18.3 Å². The van der Waals surface area contributed by atoms with E-state index in [1.807, 2.05) is 0 Å². The number of nitrogens with one attached hydrogen (secondary N) is 1. The summed E-state index contributed by atoms with van der Waals surface area (Å²) in [6.45, 7) is 0.305. The van der Waals surface area contributed by atoms with Crippen molar-refractivity contribution in [1.29, 1.82) is 0 Å². The fraction of sp³-hybridized carbons (Fsp3) is 0.333. The number of halogens is 3. The molecule has 0 aliphatic carbocycles. The van der Waals surface area contributed by atoms with E-state index in [0.29, 0.717) is 17.7 Å². The van der Waals surface area contributed by atoms with Crippen molar-refractivity contribution in [2.45, 2.75) is 6.18 Å². The van der Waals surface area contributed by atoms with Crippen LogP contribution in [0.5, 0.6) is 0 Å². The highest BCUT2D eigenvalue weighted by atomic mass is 19.4. The first-order valence-electron chi connectivity index (χ1n) is 5.44. The van der Waals surface area contributed by atoms with Gasteiger partial charge in [-0.05, 0) is 18.2 Å². The molecule has 0 spiro atoms. The molecule has 0 amide bonds. The van der Waals surface area contributed by atoms with Crippen molar-refractivity contribution in [2.75, 3.05) is 25.1 Å². The normalized spacial score (nSPS) is 12.1. The van der Waals surface area contributed by atoms with E-state index in [1.54, 1.807) is 11.9 Å². The number of fused-ring (bicyclic) bond motifs is 1. The van der Waals surface area contributed by atoms with Gasteiger partial charge in [0.15, 0.2) is 0 Å². The van der Waals surface area contributed by atoms with Gasteiger partial charge >= 0.3 is 6.18 Å². The quantitative estimate of drug-likeness (QED) is 0.888. The maximum Gasteiger partial charge on any atom is 0.417 e. The summed E-state index contributed by atoms with van der Waals surface area (Å²) in [7, 11) is 1.72. The van der Waals surface area contributed by atoms with Crippen LogP contribution >= 0.6 is 0 Å². The molecule has 2 rings (SSSR count). The number of aliphatic hydroxyl groups is 1. The zero-order valence-electron chi connectivity index (χ0n) is 9.75. The highest BCUT2D eigenvalue weighted by molar-refractivity contribution is 5.94. The molecule has 1 aromatic carbocycles. The second kappa shape index (κ2) is 4.53. The molecule has 0 atom stereocenters. The Morgan fingerprint density at radius 1 is 1.28 bits per heavy atom. The Labute approximate surface area is 102 Å². The number of alkyl halides is 3. The van der Waals surface area contributed by atoms with Crippen LogP contribution in [0.4, 0.5) is 18.9 Å². The molecule has 0 fully saturated rings. The SMILES string of the molecule is CN(CCO)c1ccc(C(F)(F)F)c2cc[nH]c12. The minimum absolute atomic E-state index is 0.0558. The van der Waals surface area contributed by atoms with Gasteiger partial charge < -0.3 is 15.0 Å². The maximum absolute atomic E-state index is 12.8. The van der Waals surface area contributed by atoms with Crippen LogP contribution in [0.2, 0.25) is 0 Å². The third kappa shape index (κ3) is 2.15. The number of aromatic amines is 1. The predicted octanol–water partition coefficient (Wildman–Crippen LogP) is 2.62. The number of aromatic nitrogens is 1. The summed E-state index contributed by atoms with van der Waals surface area (Å²) in [5, 5.41) is 9.02. The molecule has 0 saturated heterocycles. The molecular formula is C12H13F3N2O. The van der Waals surface area contributed by atoms with Crippen molar-refractivity contribution >= 4 is 16.6 Å². The second-order valence-corrected chi connectivity index (χ2v) is 4.04. The summed E-state index contributed by atoms with van der Waals surface area (Å²) in [6.07, 6.45) is -2.88. The number of anilines is 1. The van der Waals surface area contributed by atoms with Gasteiger partial charge in [-0.25, -0.2) is 0 Å². The predicted molar refractivity (Wildman–Crippen MR) is 63.7 cm³/mol. The molecule has 0 saturated carbocycles. The average molecular weight is 258 g/mol. The molecule has 0 aliphatic rings. The largest absolute Gasteiger partial charge is 0.417 e. The standard InChI is InChI=1S/C12H13F3N2O/c1-17(6-7-18)10-3-2-9(12(13,14)15)8-4-5-16-11(8)10/h2-5,16,18H,6-7H2,1H3. The Bertz CT molecular complexity index is 548. The number of nitrogens with zero attached hydrogens (tertiary/aromatic N) is 1. The summed E-state index contributed by atoms with van der Waals surface area (Å²) in [4.78, 5) is 4.52. The van der Waals surface area contributed by atoms with E-state index >= 15 is 0 Å². The zero-order chi connectivity index (χ0) is 13.3. The molecule has 6 heteroatoms. The molecule has 18 heavy (non-hydrogen) atoms. The molecule has 98 valence electrons.